The van der Waals surface area contributed by atoms with Gasteiger partial charge in [0.25, 0.3) is 0 Å². The van der Waals surface area contributed by atoms with Crippen LogP contribution in [0, 0.1) is 5.92 Å². The molecule has 0 heterocycles. The highest BCUT2D eigenvalue weighted by atomic mass is 15.2. The van der Waals surface area contributed by atoms with Crippen LogP contribution in [0.1, 0.15) is 39.0 Å². The summed E-state index contributed by atoms with van der Waals surface area (Å²) in [6.07, 6.45) is 6.65. The maximum Gasteiger partial charge on any atom is 0.0325 e. The van der Waals surface area contributed by atoms with Gasteiger partial charge in [0.05, 0.1) is 0 Å². The van der Waals surface area contributed by atoms with E-state index in [4.69, 9.17) is 5.73 Å². The van der Waals surface area contributed by atoms with Crippen LogP contribution < -0.4 is 5.73 Å². The fraction of sp³-hybridized carbons (Fsp3) is 1.00. The first-order valence-electron chi connectivity index (χ1n) is 5.52. The zero-order valence-electron chi connectivity index (χ0n) is 9.34. The molecule has 0 radical (unpaired) electrons. The van der Waals surface area contributed by atoms with Crippen LogP contribution in [-0.4, -0.2) is 31.1 Å². The molecule has 0 saturated heterocycles. The summed E-state index contributed by atoms with van der Waals surface area (Å²) in [6.45, 7) is 3.12. The van der Waals surface area contributed by atoms with E-state index in [9.17, 15) is 0 Å². The molecule has 1 saturated carbocycles. The average Bonchev–Trinajstić information content (AvgIpc) is 2.17. The summed E-state index contributed by atoms with van der Waals surface area (Å²) in [7, 11) is 4.33. The SMILES string of the molecule is CCC1CCC(CN)(N(C)C)CC1. The van der Waals surface area contributed by atoms with Crippen LogP contribution in [0.4, 0.5) is 0 Å². The molecule has 0 unspecified atom stereocenters. The Labute approximate surface area is 82.5 Å². The quantitative estimate of drug-likeness (QED) is 0.725. The third kappa shape index (κ3) is 2.23. The van der Waals surface area contributed by atoms with Gasteiger partial charge in [0.15, 0.2) is 0 Å². The van der Waals surface area contributed by atoms with Gasteiger partial charge in [-0.25, -0.2) is 0 Å². The third-order valence-electron chi connectivity index (χ3n) is 3.94. The van der Waals surface area contributed by atoms with E-state index in [-0.39, 0.29) is 0 Å². The van der Waals surface area contributed by atoms with Crippen LogP contribution >= 0.6 is 0 Å². The first kappa shape index (κ1) is 11.0. The molecule has 13 heavy (non-hydrogen) atoms. The summed E-state index contributed by atoms with van der Waals surface area (Å²) in [5.74, 6) is 0.958. The maximum atomic E-state index is 5.88. The minimum atomic E-state index is 0.311. The highest BCUT2D eigenvalue weighted by Gasteiger charge is 2.35. The van der Waals surface area contributed by atoms with Crippen molar-refractivity contribution in [3.05, 3.63) is 0 Å². The smallest absolute Gasteiger partial charge is 0.0325 e. The molecule has 0 bridgehead atoms. The highest BCUT2D eigenvalue weighted by Crippen LogP contribution is 2.35. The average molecular weight is 184 g/mol. The van der Waals surface area contributed by atoms with E-state index in [0.29, 0.717) is 5.54 Å². The third-order valence-corrected chi connectivity index (χ3v) is 3.94. The fourth-order valence-electron chi connectivity index (χ4n) is 2.46. The Morgan fingerprint density at radius 2 is 1.85 bits per heavy atom. The van der Waals surface area contributed by atoms with Crippen molar-refractivity contribution in [1.29, 1.82) is 0 Å². The number of rotatable bonds is 3. The van der Waals surface area contributed by atoms with Crippen LogP contribution in [0.25, 0.3) is 0 Å². The molecule has 1 aliphatic carbocycles. The monoisotopic (exact) mass is 184 g/mol. The minimum Gasteiger partial charge on any atom is -0.329 e. The molecular weight excluding hydrogens is 160 g/mol. The molecule has 2 N–H and O–H groups in total. The van der Waals surface area contributed by atoms with E-state index < -0.39 is 0 Å². The first-order valence-corrected chi connectivity index (χ1v) is 5.52. The van der Waals surface area contributed by atoms with Crippen LogP contribution in [0.15, 0.2) is 0 Å². The number of likely N-dealkylation sites (N-methyl/N-ethyl adjacent to an activating group) is 1. The van der Waals surface area contributed by atoms with Crippen molar-refractivity contribution in [3.8, 4) is 0 Å². The molecule has 0 amide bonds. The molecule has 2 nitrogen and oxygen atoms in total. The van der Waals surface area contributed by atoms with Crippen molar-refractivity contribution in [1.82, 2.24) is 4.90 Å². The summed E-state index contributed by atoms with van der Waals surface area (Å²) < 4.78 is 0. The summed E-state index contributed by atoms with van der Waals surface area (Å²) in [4.78, 5) is 2.33. The fourth-order valence-corrected chi connectivity index (χ4v) is 2.46. The normalized spacial score (nSPS) is 35.3. The second-order valence-corrected chi connectivity index (χ2v) is 4.67. The molecule has 78 valence electrons. The van der Waals surface area contributed by atoms with Gasteiger partial charge in [-0.15, -0.1) is 0 Å². The van der Waals surface area contributed by atoms with Crippen LogP contribution in [0.3, 0.4) is 0 Å². The molecule has 0 aliphatic heterocycles. The molecule has 0 spiro atoms. The van der Waals surface area contributed by atoms with Crippen molar-refractivity contribution < 1.29 is 0 Å². The van der Waals surface area contributed by atoms with Crippen molar-refractivity contribution in [2.45, 2.75) is 44.6 Å². The van der Waals surface area contributed by atoms with Gasteiger partial charge in [-0.2, -0.15) is 0 Å². The Balaban J connectivity index is 2.53. The first-order chi connectivity index (χ1) is 6.14. The van der Waals surface area contributed by atoms with Crippen molar-refractivity contribution in [2.24, 2.45) is 11.7 Å². The minimum absolute atomic E-state index is 0.311. The van der Waals surface area contributed by atoms with Gasteiger partial charge in [0, 0.05) is 12.1 Å². The van der Waals surface area contributed by atoms with E-state index in [1.807, 2.05) is 0 Å². The molecule has 1 rings (SSSR count). The Morgan fingerprint density at radius 3 is 2.15 bits per heavy atom. The lowest BCUT2D eigenvalue weighted by molar-refractivity contribution is 0.0863. The van der Waals surface area contributed by atoms with Gasteiger partial charge < -0.3 is 10.6 Å². The van der Waals surface area contributed by atoms with Gasteiger partial charge in [-0.3, -0.25) is 0 Å². The van der Waals surface area contributed by atoms with Gasteiger partial charge >= 0.3 is 0 Å². The Hall–Kier alpha value is -0.0800. The van der Waals surface area contributed by atoms with E-state index in [1.54, 1.807) is 0 Å². The largest absolute Gasteiger partial charge is 0.329 e. The van der Waals surface area contributed by atoms with E-state index >= 15 is 0 Å². The Bertz CT molecular complexity index is 146. The molecule has 0 atom stereocenters. The second kappa shape index (κ2) is 4.43. The zero-order valence-corrected chi connectivity index (χ0v) is 9.34. The molecule has 0 aromatic rings. The molecular formula is C11H24N2. The zero-order chi connectivity index (χ0) is 9.90. The number of hydrogen-bond donors (Lipinski definition) is 1. The predicted molar refractivity (Wildman–Crippen MR) is 57.7 cm³/mol. The van der Waals surface area contributed by atoms with Crippen molar-refractivity contribution >= 4 is 0 Å². The molecule has 0 aromatic carbocycles. The Kier molecular flexibility index (Phi) is 3.74. The van der Waals surface area contributed by atoms with Crippen LogP contribution in [-0.2, 0) is 0 Å². The van der Waals surface area contributed by atoms with Gasteiger partial charge in [0.2, 0.25) is 0 Å². The molecule has 1 aliphatic rings. The number of nitrogens with zero attached hydrogens (tertiary/aromatic N) is 1. The maximum absolute atomic E-state index is 5.88. The second-order valence-electron chi connectivity index (χ2n) is 4.67. The molecule has 2 heteroatoms. The topological polar surface area (TPSA) is 29.3 Å². The number of nitrogens with two attached hydrogens (primary N) is 1. The summed E-state index contributed by atoms with van der Waals surface area (Å²) in [6, 6.07) is 0. The van der Waals surface area contributed by atoms with E-state index in [1.165, 1.54) is 32.1 Å². The predicted octanol–water partition coefficient (Wildman–Crippen LogP) is 1.85. The van der Waals surface area contributed by atoms with Gasteiger partial charge in [-0.1, -0.05) is 13.3 Å². The molecule has 0 aromatic heterocycles. The Morgan fingerprint density at radius 1 is 1.31 bits per heavy atom. The van der Waals surface area contributed by atoms with Crippen molar-refractivity contribution in [2.75, 3.05) is 20.6 Å². The standard InChI is InChI=1S/C11H24N2/c1-4-10-5-7-11(9-12,8-6-10)13(2)3/h10H,4-9,12H2,1-3H3. The molecule has 1 fully saturated rings. The lowest BCUT2D eigenvalue weighted by atomic mass is 9.75. The van der Waals surface area contributed by atoms with E-state index in [0.717, 1.165) is 12.5 Å². The number of hydrogen-bond acceptors (Lipinski definition) is 2. The van der Waals surface area contributed by atoms with Crippen LogP contribution in [0.5, 0.6) is 0 Å². The van der Waals surface area contributed by atoms with Gasteiger partial charge in [-0.05, 0) is 45.7 Å². The van der Waals surface area contributed by atoms with Crippen molar-refractivity contribution in [3.63, 3.8) is 0 Å². The van der Waals surface area contributed by atoms with Gasteiger partial charge in [0.1, 0.15) is 0 Å². The highest BCUT2D eigenvalue weighted by molar-refractivity contribution is 4.93. The lowest BCUT2D eigenvalue weighted by Crippen LogP contribution is -2.52. The summed E-state index contributed by atoms with van der Waals surface area (Å²) in [5.41, 5.74) is 6.20. The van der Waals surface area contributed by atoms with E-state index in [2.05, 4.69) is 25.9 Å². The summed E-state index contributed by atoms with van der Waals surface area (Å²) >= 11 is 0. The summed E-state index contributed by atoms with van der Waals surface area (Å²) in [5, 5.41) is 0. The lowest BCUT2D eigenvalue weighted by Gasteiger charge is -2.44. The van der Waals surface area contributed by atoms with Crippen LogP contribution in [0.2, 0.25) is 0 Å².